The van der Waals surface area contributed by atoms with Gasteiger partial charge in [-0.2, -0.15) is 0 Å². The summed E-state index contributed by atoms with van der Waals surface area (Å²) in [4.78, 5) is 52.8. The maximum Gasteiger partial charge on any atom is 0.321 e. The molecule has 1 aromatic heterocycles. The zero-order valence-electron chi connectivity index (χ0n) is 19.5. The van der Waals surface area contributed by atoms with Crippen molar-refractivity contribution in [2.24, 2.45) is 0 Å². The maximum atomic E-state index is 12.7. The number of thiazole rings is 1. The van der Waals surface area contributed by atoms with E-state index in [0.29, 0.717) is 12.1 Å². The molecule has 5 N–H and O–H groups in total. The lowest BCUT2D eigenvalue weighted by Crippen LogP contribution is -2.46. The van der Waals surface area contributed by atoms with Gasteiger partial charge < -0.3 is 21.1 Å². The molecule has 1 unspecified atom stereocenters. The Morgan fingerprint density at radius 3 is 2.35 bits per heavy atom. The van der Waals surface area contributed by atoms with Gasteiger partial charge in [0.05, 0.1) is 12.5 Å². The monoisotopic (exact) mass is 563 g/mol. The summed E-state index contributed by atoms with van der Waals surface area (Å²) in [6.45, 7) is 1.76. The predicted molar refractivity (Wildman–Crippen MR) is 141 cm³/mol. The Labute approximate surface area is 226 Å². The van der Waals surface area contributed by atoms with Crippen LogP contribution in [-0.4, -0.2) is 39.9 Å². The molecule has 0 spiro atoms. The second kappa shape index (κ2) is 13.0. The molecule has 3 rings (SSSR count). The fourth-order valence-electron chi connectivity index (χ4n) is 3.19. The first-order chi connectivity index (χ1) is 17.6. The fourth-order valence-corrected chi connectivity index (χ4v) is 4.42. The number of anilines is 1. The van der Waals surface area contributed by atoms with Crippen LogP contribution in [0.25, 0.3) is 0 Å². The first-order valence-electron chi connectivity index (χ1n) is 10.9. The summed E-state index contributed by atoms with van der Waals surface area (Å²) in [5.41, 5.74) is 1.34. The number of carboxylic acid groups (broad SMARTS) is 1. The minimum atomic E-state index is -1.15. The van der Waals surface area contributed by atoms with Crippen molar-refractivity contribution in [1.29, 1.82) is 0 Å². The fraction of sp³-hybridized carbons (Fsp3) is 0.208. The van der Waals surface area contributed by atoms with Crippen LogP contribution in [0.4, 0.5) is 9.93 Å². The van der Waals surface area contributed by atoms with E-state index in [9.17, 15) is 24.3 Å². The maximum absolute atomic E-state index is 12.7. The largest absolute Gasteiger partial charge is 0.481 e. The number of halogens is 2. The van der Waals surface area contributed by atoms with Crippen molar-refractivity contribution in [3.8, 4) is 0 Å². The zero-order valence-corrected chi connectivity index (χ0v) is 21.8. The topological polar surface area (TPSA) is 150 Å². The molecule has 0 radical (unpaired) electrons. The highest BCUT2D eigenvalue weighted by Gasteiger charge is 2.24. The molecule has 2 atom stereocenters. The number of carbonyl (C=O) groups is 4. The molecule has 0 saturated carbocycles. The lowest BCUT2D eigenvalue weighted by molar-refractivity contribution is -0.137. The first kappa shape index (κ1) is 27.9. The lowest BCUT2D eigenvalue weighted by atomic mass is 10.0. The summed E-state index contributed by atoms with van der Waals surface area (Å²) in [6, 6.07) is 11.4. The average molecular weight is 564 g/mol. The van der Waals surface area contributed by atoms with Gasteiger partial charge in [-0.15, -0.1) is 11.3 Å². The molecule has 1 heterocycles. The standard InChI is InChI=1S/C24H23Cl2N5O5S/c1-13(21(34)29-18(10-20(32)33)15-7-16(25)9-17(26)8-15)28-22(35)19-12-37-24(30-19)31-23(36)27-11-14-5-3-2-4-6-14/h2-9,12-13,18H,10-11H2,1H3,(H,28,35)(H,29,34)(H,32,33)(H2,27,30,31,36)/t13-,18?/m1/s1. The number of carbonyl (C=O) groups excluding carboxylic acids is 3. The second-order valence-corrected chi connectivity index (χ2v) is 9.62. The molecule has 0 bridgehead atoms. The summed E-state index contributed by atoms with van der Waals surface area (Å²) < 4.78 is 0. The summed E-state index contributed by atoms with van der Waals surface area (Å²) in [5, 5.41) is 21.8. The Balaban J connectivity index is 1.55. The van der Waals surface area contributed by atoms with Crippen molar-refractivity contribution < 1.29 is 24.3 Å². The molecule has 4 amide bonds. The van der Waals surface area contributed by atoms with Crippen LogP contribution in [-0.2, 0) is 16.1 Å². The van der Waals surface area contributed by atoms with Crippen LogP contribution in [0.3, 0.4) is 0 Å². The van der Waals surface area contributed by atoms with Crippen molar-refractivity contribution in [1.82, 2.24) is 20.9 Å². The number of rotatable bonds is 10. The molecule has 0 aliphatic carbocycles. The van der Waals surface area contributed by atoms with Gasteiger partial charge in [0.15, 0.2) is 5.13 Å². The van der Waals surface area contributed by atoms with Gasteiger partial charge in [0.2, 0.25) is 5.91 Å². The molecule has 0 fully saturated rings. The third kappa shape index (κ3) is 8.74. The van der Waals surface area contributed by atoms with Crippen molar-refractivity contribution >= 4 is 63.5 Å². The third-order valence-corrected chi connectivity index (χ3v) is 6.17. The summed E-state index contributed by atoms with van der Waals surface area (Å²) in [6.07, 6.45) is -0.420. The van der Waals surface area contributed by atoms with Crippen molar-refractivity contribution in [3.63, 3.8) is 0 Å². The number of hydrogen-bond donors (Lipinski definition) is 5. The lowest BCUT2D eigenvalue weighted by Gasteiger charge is -2.21. The van der Waals surface area contributed by atoms with Crippen molar-refractivity contribution in [2.45, 2.75) is 32.0 Å². The summed E-state index contributed by atoms with van der Waals surface area (Å²) >= 11 is 13.1. The van der Waals surface area contributed by atoms with Gasteiger partial charge in [0.25, 0.3) is 5.91 Å². The van der Waals surface area contributed by atoms with E-state index in [0.717, 1.165) is 16.9 Å². The molecule has 0 aliphatic rings. The van der Waals surface area contributed by atoms with Gasteiger partial charge in [0, 0.05) is 22.0 Å². The molecule has 2 aromatic carbocycles. The van der Waals surface area contributed by atoms with Gasteiger partial charge >= 0.3 is 12.0 Å². The van der Waals surface area contributed by atoms with E-state index in [1.54, 1.807) is 0 Å². The number of nitrogens with zero attached hydrogens (tertiary/aromatic N) is 1. The van der Waals surface area contributed by atoms with Crippen LogP contribution in [0.15, 0.2) is 53.9 Å². The quantitative estimate of drug-likeness (QED) is 0.249. The van der Waals surface area contributed by atoms with E-state index >= 15 is 0 Å². The molecule has 13 heteroatoms. The molecule has 3 aromatic rings. The van der Waals surface area contributed by atoms with E-state index in [-0.39, 0.29) is 20.9 Å². The highest BCUT2D eigenvalue weighted by atomic mass is 35.5. The third-order valence-electron chi connectivity index (χ3n) is 4.98. The highest BCUT2D eigenvalue weighted by Crippen LogP contribution is 2.25. The highest BCUT2D eigenvalue weighted by molar-refractivity contribution is 7.14. The summed E-state index contributed by atoms with van der Waals surface area (Å²) in [7, 11) is 0. The molecule has 37 heavy (non-hydrogen) atoms. The van der Waals surface area contributed by atoms with Gasteiger partial charge in [0.1, 0.15) is 11.7 Å². The number of carboxylic acids is 1. The zero-order chi connectivity index (χ0) is 26.9. The van der Waals surface area contributed by atoms with Gasteiger partial charge in [-0.1, -0.05) is 53.5 Å². The Morgan fingerprint density at radius 2 is 1.70 bits per heavy atom. The summed E-state index contributed by atoms with van der Waals surface area (Å²) in [5.74, 6) is -2.41. The molecule has 10 nitrogen and oxygen atoms in total. The predicted octanol–water partition coefficient (Wildman–Crippen LogP) is 4.22. The molecule has 0 aliphatic heterocycles. The smallest absolute Gasteiger partial charge is 0.321 e. The van der Waals surface area contributed by atoms with E-state index in [4.69, 9.17) is 23.2 Å². The van der Waals surface area contributed by atoms with E-state index in [2.05, 4.69) is 26.3 Å². The normalized spacial score (nSPS) is 12.2. The Hall–Kier alpha value is -3.67. The molecular weight excluding hydrogens is 541 g/mol. The number of hydrogen-bond acceptors (Lipinski definition) is 6. The van der Waals surface area contributed by atoms with Gasteiger partial charge in [-0.25, -0.2) is 9.78 Å². The number of nitrogens with one attached hydrogen (secondary N) is 4. The minimum Gasteiger partial charge on any atom is -0.481 e. The minimum absolute atomic E-state index is 0.00622. The van der Waals surface area contributed by atoms with Crippen LogP contribution in [0.1, 0.15) is 41.0 Å². The van der Waals surface area contributed by atoms with Crippen LogP contribution < -0.4 is 21.3 Å². The Kier molecular flexibility index (Phi) is 9.84. The van der Waals surface area contributed by atoms with Crippen molar-refractivity contribution in [2.75, 3.05) is 5.32 Å². The van der Waals surface area contributed by atoms with E-state index < -0.39 is 42.3 Å². The van der Waals surface area contributed by atoms with Crippen LogP contribution >= 0.6 is 34.5 Å². The van der Waals surface area contributed by atoms with Gasteiger partial charge in [-0.05, 0) is 36.2 Å². The second-order valence-electron chi connectivity index (χ2n) is 7.89. The number of benzene rings is 2. The van der Waals surface area contributed by atoms with Crippen molar-refractivity contribution in [3.05, 3.63) is 80.8 Å². The van der Waals surface area contributed by atoms with Crippen LogP contribution in [0, 0.1) is 0 Å². The Bertz CT molecular complexity index is 1270. The van der Waals surface area contributed by atoms with Crippen LogP contribution in [0.2, 0.25) is 10.0 Å². The SMILES string of the molecule is C[C@@H](NC(=O)c1csc(NC(=O)NCc2ccccc2)n1)C(=O)NC(CC(=O)O)c1cc(Cl)cc(Cl)c1. The average Bonchev–Trinajstić information content (AvgIpc) is 3.30. The van der Waals surface area contributed by atoms with E-state index in [1.807, 2.05) is 30.3 Å². The Morgan fingerprint density at radius 1 is 1.03 bits per heavy atom. The number of amides is 4. The number of aliphatic carboxylic acids is 1. The first-order valence-corrected chi connectivity index (χ1v) is 12.6. The number of aromatic nitrogens is 1. The molecule has 0 saturated heterocycles. The molecule has 194 valence electrons. The molecular formula is C24H23Cl2N5O5S. The van der Waals surface area contributed by atoms with E-state index in [1.165, 1.54) is 30.5 Å². The van der Waals surface area contributed by atoms with Crippen LogP contribution in [0.5, 0.6) is 0 Å². The number of urea groups is 1. The van der Waals surface area contributed by atoms with Gasteiger partial charge in [-0.3, -0.25) is 19.7 Å².